The van der Waals surface area contributed by atoms with E-state index in [9.17, 15) is 9.59 Å². The van der Waals surface area contributed by atoms with Gasteiger partial charge in [0, 0.05) is 10.4 Å². The third-order valence-corrected chi connectivity index (χ3v) is 5.63. The SMILES string of the molecule is CC(C)c1nc2ccc(Br)cc2c(=O)n1N=Cc1cccc(OCc2ccc(C(=O)O)cc2)c1. The molecule has 1 N–H and O–H groups in total. The monoisotopic (exact) mass is 519 g/mol. The van der Waals surface area contributed by atoms with E-state index in [0.29, 0.717) is 29.1 Å². The molecule has 0 amide bonds. The van der Waals surface area contributed by atoms with Crippen LogP contribution in [-0.2, 0) is 6.61 Å². The van der Waals surface area contributed by atoms with Gasteiger partial charge >= 0.3 is 5.97 Å². The van der Waals surface area contributed by atoms with Crippen LogP contribution in [0.5, 0.6) is 5.75 Å². The summed E-state index contributed by atoms with van der Waals surface area (Å²) in [6, 6.07) is 19.3. The van der Waals surface area contributed by atoms with Gasteiger partial charge in [0.25, 0.3) is 5.56 Å². The summed E-state index contributed by atoms with van der Waals surface area (Å²) in [7, 11) is 0. The number of carboxylic acids is 1. The van der Waals surface area contributed by atoms with Gasteiger partial charge in [0.05, 0.1) is 22.7 Å². The highest BCUT2D eigenvalue weighted by Crippen LogP contribution is 2.19. The number of nitrogens with zero attached hydrogens (tertiary/aromatic N) is 3. The van der Waals surface area contributed by atoms with Gasteiger partial charge in [-0.25, -0.2) is 9.78 Å². The van der Waals surface area contributed by atoms with Crippen LogP contribution in [0.4, 0.5) is 0 Å². The van der Waals surface area contributed by atoms with Crippen LogP contribution >= 0.6 is 15.9 Å². The molecule has 0 saturated heterocycles. The average Bonchev–Trinajstić information content (AvgIpc) is 2.83. The molecule has 0 aliphatic carbocycles. The number of rotatable bonds is 7. The van der Waals surface area contributed by atoms with E-state index < -0.39 is 5.97 Å². The zero-order valence-electron chi connectivity index (χ0n) is 18.6. The molecule has 1 aromatic heterocycles. The molecule has 0 aliphatic rings. The number of halogens is 1. The van der Waals surface area contributed by atoms with Gasteiger partial charge in [0.2, 0.25) is 0 Å². The molecule has 4 rings (SSSR count). The molecule has 4 aromatic rings. The van der Waals surface area contributed by atoms with Gasteiger partial charge in [-0.15, -0.1) is 0 Å². The van der Waals surface area contributed by atoms with Crippen molar-refractivity contribution in [3.63, 3.8) is 0 Å². The highest BCUT2D eigenvalue weighted by Gasteiger charge is 2.13. The Bertz CT molecular complexity index is 1440. The number of carboxylic acid groups (broad SMARTS) is 1. The van der Waals surface area contributed by atoms with Crippen LogP contribution in [0, 0.1) is 0 Å². The van der Waals surface area contributed by atoms with Crippen LogP contribution in [0.2, 0.25) is 0 Å². The predicted molar refractivity (Wildman–Crippen MR) is 135 cm³/mol. The number of fused-ring (bicyclic) bond motifs is 1. The van der Waals surface area contributed by atoms with Gasteiger partial charge < -0.3 is 9.84 Å². The number of benzene rings is 3. The Balaban J connectivity index is 1.58. The number of carbonyl (C=O) groups is 1. The number of hydrogen-bond acceptors (Lipinski definition) is 5. The fraction of sp³-hybridized carbons (Fsp3) is 0.154. The van der Waals surface area contributed by atoms with Crippen molar-refractivity contribution in [1.82, 2.24) is 9.66 Å². The highest BCUT2D eigenvalue weighted by atomic mass is 79.9. The predicted octanol–water partition coefficient (Wildman–Crippen LogP) is 5.44. The molecule has 0 radical (unpaired) electrons. The summed E-state index contributed by atoms with van der Waals surface area (Å²) in [5.41, 5.74) is 2.24. The lowest BCUT2D eigenvalue weighted by atomic mass is 10.1. The quantitative estimate of drug-likeness (QED) is 0.328. The lowest BCUT2D eigenvalue weighted by Crippen LogP contribution is -2.23. The molecule has 8 heteroatoms. The molecule has 172 valence electrons. The summed E-state index contributed by atoms with van der Waals surface area (Å²) in [6.45, 7) is 4.23. The first-order valence-corrected chi connectivity index (χ1v) is 11.4. The van der Waals surface area contributed by atoms with Crippen molar-refractivity contribution >= 4 is 39.0 Å². The third kappa shape index (κ3) is 5.23. The minimum atomic E-state index is -0.964. The van der Waals surface area contributed by atoms with Crippen molar-refractivity contribution in [2.45, 2.75) is 26.4 Å². The molecule has 0 spiro atoms. The third-order valence-electron chi connectivity index (χ3n) is 5.14. The molecule has 0 fully saturated rings. The average molecular weight is 520 g/mol. The Morgan fingerprint density at radius 3 is 2.62 bits per heavy atom. The van der Waals surface area contributed by atoms with Crippen LogP contribution < -0.4 is 10.3 Å². The molecule has 3 aromatic carbocycles. The molecule has 0 unspecified atom stereocenters. The van der Waals surface area contributed by atoms with Crippen molar-refractivity contribution in [3.8, 4) is 5.75 Å². The zero-order valence-corrected chi connectivity index (χ0v) is 20.2. The second kappa shape index (κ2) is 10.0. The first-order valence-electron chi connectivity index (χ1n) is 10.6. The van der Waals surface area contributed by atoms with Crippen molar-refractivity contribution in [1.29, 1.82) is 0 Å². The lowest BCUT2D eigenvalue weighted by molar-refractivity contribution is 0.0697. The van der Waals surface area contributed by atoms with E-state index >= 15 is 0 Å². The summed E-state index contributed by atoms with van der Waals surface area (Å²) in [4.78, 5) is 28.8. The van der Waals surface area contributed by atoms with E-state index in [1.54, 1.807) is 36.5 Å². The van der Waals surface area contributed by atoms with E-state index in [4.69, 9.17) is 9.84 Å². The molecule has 0 bridgehead atoms. The number of hydrogen-bond donors (Lipinski definition) is 1. The molecular formula is C26H22BrN3O4. The summed E-state index contributed by atoms with van der Waals surface area (Å²) in [5.74, 6) is 0.241. The maximum Gasteiger partial charge on any atom is 0.335 e. The smallest absolute Gasteiger partial charge is 0.335 e. The normalized spacial score (nSPS) is 11.4. The first kappa shape index (κ1) is 23.4. The van der Waals surface area contributed by atoms with Crippen LogP contribution in [0.3, 0.4) is 0 Å². The van der Waals surface area contributed by atoms with Crippen LogP contribution in [-0.4, -0.2) is 27.0 Å². The number of aromatic carboxylic acids is 1. The standard InChI is InChI=1S/C26H22BrN3O4/c1-16(2)24-29-23-11-10-20(27)13-22(23)25(31)30(24)28-14-18-4-3-5-21(12-18)34-15-17-6-8-19(9-7-17)26(32)33/h3-14,16H,15H2,1-2H3,(H,32,33). The Morgan fingerprint density at radius 1 is 1.15 bits per heavy atom. The molecule has 0 saturated carbocycles. The van der Waals surface area contributed by atoms with Gasteiger partial charge in [-0.3, -0.25) is 4.79 Å². The highest BCUT2D eigenvalue weighted by molar-refractivity contribution is 9.10. The van der Waals surface area contributed by atoms with Crippen molar-refractivity contribution in [2.24, 2.45) is 5.10 Å². The van der Waals surface area contributed by atoms with E-state index in [-0.39, 0.29) is 17.0 Å². The fourth-order valence-electron chi connectivity index (χ4n) is 3.37. The second-order valence-corrected chi connectivity index (χ2v) is 8.93. The minimum absolute atomic E-state index is 0.0000740. The zero-order chi connectivity index (χ0) is 24.2. The van der Waals surface area contributed by atoms with Crippen LogP contribution in [0.1, 0.15) is 47.1 Å². The van der Waals surface area contributed by atoms with Crippen molar-refractivity contribution in [2.75, 3.05) is 0 Å². The van der Waals surface area contributed by atoms with Gasteiger partial charge in [-0.05, 0) is 53.6 Å². The molecular weight excluding hydrogens is 498 g/mol. The maximum absolute atomic E-state index is 13.1. The molecule has 7 nitrogen and oxygen atoms in total. The molecule has 0 aliphatic heterocycles. The first-order chi connectivity index (χ1) is 16.3. The van der Waals surface area contributed by atoms with Gasteiger partial charge in [-0.1, -0.05) is 54.0 Å². The van der Waals surface area contributed by atoms with Crippen molar-refractivity contribution in [3.05, 3.63) is 104 Å². The van der Waals surface area contributed by atoms with Crippen LogP contribution in [0.25, 0.3) is 10.9 Å². The Morgan fingerprint density at radius 2 is 1.91 bits per heavy atom. The van der Waals surface area contributed by atoms with E-state index in [0.717, 1.165) is 15.6 Å². The Kier molecular flexibility index (Phi) is 6.88. The van der Waals surface area contributed by atoms with E-state index in [1.807, 2.05) is 50.2 Å². The molecule has 0 atom stereocenters. The summed E-state index contributed by atoms with van der Waals surface area (Å²) in [5, 5.41) is 13.9. The van der Waals surface area contributed by atoms with Gasteiger partial charge in [-0.2, -0.15) is 9.78 Å². The minimum Gasteiger partial charge on any atom is -0.489 e. The Labute approximate surface area is 204 Å². The number of aromatic nitrogens is 2. The van der Waals surface area contributed by atoms with Crippen LogP contribution in [0.15, 0.2) is 81.1 Å². The van der Waals surface area contributed by atoms with E-state index in [1.165, 1.54) is 4.68 Å². The number of ether oxygens (including phenoxy) is 1. The topological polar surface area (TPSA) is 93.8 Å². The molecule has 34 heavy (non-hydrogen) atoms. The molecule has 1 heterocycles. The van der Waals surface area contributed by atoms with E-state index in [2.05, 4.69) is 26.0 Å². The summed E-state index contributed by atoms with van der Waals surface area (Å²) >= 11 is 3.41. The summed E-state index contributed by atoms with van der Waals surface area (Å²) in [6.07, 6.45) is 1.60. The van der Waals surface area contributed by atoms with Gasteiger partial charge in [0.1, 0.15) is 18.2 Å². The van der Waals surface area contributed by atoms with Gasteiger partial charge in [0.15, 0.2) is 0 Å². The Hall–Kier alpha value is -3.78. The van der Waals surface area contributed by atoms with Crippen molar-refractivity contribution < 1.29 is 14.6 Å². The largest absolute Gasteiger partial charge is 0.489 e. The fourth-order valence-corrected chi connectivity index (χ4v) is 3.73. The maximum atomic E-state index is 13.1. The second-order valence-electron chi connectivity index (χ2n) is 8.01. The summed E-state index contributed by atoms with van der Waals surface area (Å²) < 4.78 is 7.99. The lowest BCUT2D eigenvalue weighted by Gasteiger charge is -2.12.